The molecule has 0 amide bonds. The molecule has 0 rings (SSSR count). The highest BCUT2D eigenvalue weighted by atomic mass is 16.5. The molecule has 0 bridgehead atoms. The molecule has 0 aliphatic rings. The van der Waals surface area contributed by atoms with Crippen LogP contribution in [0.3, 0.4) is 0 Å². The van der Waals surface area contributed by atoms with E-state index >= 15 is 0 Å². The Kier molecular flexibility index (Phi) is 7.98. The first-order chi connectivity index (χ1) is 7.41. The van der Waals surface area contributed by atoms with Crippen LogP contribution in [-0.2, 0) is 9.47 Å². The second-order valence-electron chi connectivity index (χ2n) is 5.36. The second kappa shape index (κ2) is 8.04. The fourth-order valence-corrected chi connectivity index (χ4v) is 1.39. The predicted molar refractivity (Wildman–Crippen MR) is 68.8 cm³/mol. The van der Waals surface area contributed by atoms with E-state index in [9.17, 15) is 0 Å². The lowest BCUT2D eigenvalue weighted by molar-refractivity contribution is -0.0957. The van der Waals surface area contributed by atoms with E-state index in [1.54, 1.807) is 7.11 Å². The van der Waals surface area contributed by atoms with Gasteiger partial charge in [-0.1, -0.05) is 20.8 Å². The lowest BCUT2D eigenvalue weighted by atomic mass is 10.1. The number of methoxy groups -OCH3 is 1. The first-order valence-corrected chi connectivity index (χ1v) is 6.28. The average molecular weight is 231 g/mol. The Morgan fingerprint density at radius 2 is 1.81 bits per heavy atom. The third kappa shape index (κ3) is 8.08. The molecule has 0 fully saturated rings. The number of rotatable bonds is 9. The van der Waals surface area contributed by atoms with Gasteiger partial charge in [-0.15, -0.1) is 0 Å². The summed E-state index contributed by atoms with van der Waals surface area (Å²) in [5.41, 5.74) is -0.0668. The summed E-state index contributed by atoms with van der Waals surface area (Å²) < 4.78 is 11.2. The Hall–Kier alpha value is -0.120. The van der Waals surface area contributed by atoms with E-state index in [4.69, 9.17) is 9.47 Å². The first-order valence-electron chi connectivity index (χ1n) is 6.28. The van der Waals surface area contributed by atoms with E-state index in [1.165, 1.54) is 0 Å². The van der Waals surface area contributed by atoms with Crippen LogP contribution in [0.5, 0.6) is 0 Å². The van der Waals surface area contributed by atoms with Gasteiger partial charge in [0.1, 0.15) is 0 Å². The molecule has 0 heterocycles. The highest BCUT2D eigenvalue weighted by Gasteiger charge is 2.21. The van der Waals surface area contributed by atoms with Gasteiger partial charge in [-0.05, 0) is 32.7 Å². The van der Waals surface area contributed by atoms with Crippen LogP contribution in [0, 0.1) is 5.92 Å². The Morgan fingerprint density at radius 1 is 1.19 bits per heavy atom. The molecule has 0 aliphatic carbocycles. The smallest absolute Gasteiger partial charge is 0.0939 e. The Morgan fingerprint density at radius 3 is 2.25 bits per heavy atom. The van der Waals surface area contributed by atoms with Crippen molar-refractivity contribution in [2.24, 2.45) is 5.92 Å². The van der Waals surface area contributed by atoms with Crippen LogP contribution in [-0.4, -0.2) is 38.5 Å². The van der Waals surface area contributed by atoms with Crippen molar-refractivity contribution in [1.29, 1.82) is 0 Å². The van der Waals surface area contributed by atoms with Gasteiger partial charge in [0.15, 0.2) is 0 Å². The predicted octanol–water partition coefficient (Wildman–Crippen LogP) is 2.45. The normalized spacial score (nSPS) is 14.4. The van der Waals surface area contributed by atoms with Gasteiger partial charge in [0.25, 0.3) is 0 Å². The molecule has 16 heavy (non-hydrogen) atoms. The van der Waals surface area contributed by atoms with Gasteiger partial charge in [0, 0.05) is 13.7 Å². The first kappa shape index (κ1) is 15.9. The Bertz CT molecular complexity index is 169. The van der Waals surface area contributed by atoms with Gasteiger partial charge in [-0.3, -0.25) is 0 Å². The van der Waals surface area contributed by atoms with Crippen molar-refractivity contribution in [1.82, 2.24) is 5.32 Å². The fraction of sp³-hybridized carbons (Fsp3) is 1.00. The summed E-state index contributed by atoms with van der Waals surface area (Å²) in [5.74, 6) is 0.669. The molecular weight excluding hydrogens is 202 g/mol. The standard InChI is InChI=1S/C13H29NO2/c1-7-13(4,5)16-12(10-15-6)9-14-8-11(2)3/h11-12,14H,7-10H2,1-6H3. The maximum atomic E-state index is 6.02. The van der Waals surface area contributed by atoms with Gasteiger partial charge in [-0.2, -0.15) is 0 Å². The second-order valence-corrected chi connectivity index (χ2v) is 5.36. The fourth-order valence-electron chi connectivity index (χ4n) is 1.39. The van der Waals surface area contributed by atoms with Crippen molar-refractivity contribution < 1.29 is 9.47 Å². The highest BCUT2D eigenvalue weighted by molar-refractivity contribution is 4.71. The molecule has 3 nitrogen and oxygen atoms in total. The summed E-state index contributed by atoms with van der Waals surface area (Å²) >= 11 is 0. The van der Waals surface area contributed by atoms with Crippen LogP contribution in [0.4, 0.5) is 0 Å². The van der Waals surface area contributed by atoms with Crippen molar-refractivity contribution in [2.45, 2.75) is 52.7 Å². The van der Waals surface area contributed by atoms with Crippen LogP contribution in [0.1, 0.15) is 41.0 Å². The number of ether oxygens (including phenoxy) is 2. The maximum absolute atomic E-state index is 6.02. The van der Waals surface area contributed by atoms with E-state index in [0.717, 1.165) is 19.5 Å². The van der Waals surface area contributed by atoms with Crippen molar-refractivity contribution in [2.75, 3.05) is 26.8 Å². The Labute approximate surface area is 101 Å². The zero-order valence-corrected chi connectivity index (χ0v) is 11.8. The third-order valence-electron chi connectivity index (χ3n) is 2.61. The van der Waals surface area contributed by atoms with Crippen LogP contribution >= 0.6 is 0 Å². The van der Waals surface area contributed by atoms with Crippen molar-refractivity contribution in [3.8, 4) is 0 Å². The van der Waals surface area contributed by atoms with E-state index in [0.29, 0.717) is 12.5 Å². The number of hydrogen-bond donors (Lipinski definition) is 1. The van der Waals surface area contributed by atoms with Crippen molar-refractivity contribution >= 4 is 0 Å². The average Bonchev–Trinajstić information content (AvgIpc) is 2.17. The van der Waals surface area contributed by atoms with Gasteiger partial charge < -0.3 is 14.8 Å². The minimum Gasteiger partial charge on any atom is -0.382 e. The van der Waals surface area contributed by atoms with Gasteiger partial charge >= 0.3 is 0 Å². The zero-order valence-electron chi connectivity index (χ0n) is 11.8. The molecule has 1 unspecified atom stereocenters. The van der Waals surface area contributed by atoms with Crippen LogP contribution in [0.25, 0.3) is 0 Å². The monoisotopic (exact) mass is 231 g/mol. The maximum Gasteiger partial charge on any atom is 0.0939 e. The number of nitrogens with one attached hydrogen (secondary N) is 1. The molecule has 0 spiro atoms. The van der Waals surface area contributed by atoms with Gasteiger partial charge in [0.2, 0.25) is 0 Å². The van der Waals surface area contributed by atoms with Crippen LogP contribution in [0.15, 0.2) is 0 Å². The molecule has 0 aromatic rings. The molecule has 1 N–H and O–H groups in total. The summed E-state index contributed by atoms with van der Waals surface area (Å²) in [6.45, 7) is 13.3. The SMILES string of the molecule is CCC(C)(C)OC(CNCC(C)C)COC. The molecule has 0 saturated heterocycles. The van der Waals surface area contributed by atoms with E-state index in [1.807, 2.05) is 0 Å². The van der Waals surface area contributed by atoms with E-state index in [-0.39, 0.29) is 11.7 Å². The summed E-state index contributed by atoms with van der Waals surface area (Å²) in [6.07, 6.45) is 1.15. The lowest BCUT2D eigenvalue weighted by Gasteiger charge is -2.30. The molecule has 0 radical (unpaired) electrons. The minimum atomic E-state index is -0.0668. The molecule has 0 aromatic heterocycles. The summed E-state index contributed by atoms with van der Waals surface area (Å²) in [4.78, 5) is 0. The lowest BCUT2D eigenvalue weighted by Crippen LogP contribution is -2.40. The van der Waals surface area contributed by atoms with Gasteiger partial charge in [-0.25, -0.2) is 0 Å². The molecule has 0 aliphatic heterocycles. The van der Waals surface area contributed by atoms with E-state index in [2.05, 4.69) is 39.9 Å². The van der Waals surface area contributed by atoms with Crippen LogP contribution < -0.4 is 5.32 Å². The topological polar surface area (TPSA) is 30.5 Å². The van der Waals surface area contributed by atoms with Crippen LogP contribution in [0.2, 0.25) is 0 Å². The Balaban J connectivity index is 3.96. The summed E-state index contributed by atoms with van der Waals surface area (Å²) in [5, 5.41) is 3.41. The quantitative estimate of drug-likeness (QED) is 0.661. The summed E-state index contributed by atoms with van der Waals surface area (Å²) in [6, 6.07) is 0. The molecular formula is C13H29NO2. The van der Waals surface area contributed by atoms with Crippen molar-refractivity contribution in [3.05, 3.63) is 0 Å². The summed E-state index contributed by atoms with van der Waals surface area (Å²) in [7, 11) is 1.72. The largest absolute Gasteiger partial charge is 0.382 e. The molecule has 1 atom stereocenters. The van der Waals surface area contributed by atoms with Gasteiger partial charge in [0.05, 0.1) is 18.3 Å². The minimum absolute atomic E-state index is 0.0668. The molecule has 98 valence electrons. The third-order valence-corrected chi connectivity index (χ3v) is 2.61. The van der Waals surface area contributed by atoms with Crippen molar-refractivity contribution in [3.63, 3.8) is 0 Å². The molecule has 0 saturated carbocycles. The molecule has 0 aromatic carbocycles. The number of hydrogen-bond acceptors (Lipinski definition) is 3. The highest BCUT2D eigenvalue weighted by Crippen LogP contribution is 2.16. The van der Waals surface area contributed by atoms with E-state index < -0.39 is 0 Å². The zero-order chi connectivity index (χ0) is 12.6. The molecule has 3 heteroatoms.